The highest BCUT2D eigenvalue weighted by Gasteiger charge is 2.10. The Morgan fingerprint density at radius 3 is 2.83 bits per heavy atom. The lowest BCUT2D eigenvalue weighted by Crippen LogP contribution is -2.17. The molecule has 6 heteroatoms. The van der Waals surface area contributed by atoms with Gasteiger partial charge in [0.25, 0.3) is 0 Å². The zero-order valence-electron chi connectivity index (χ0n) is 9.93. The molecule has 1 aromatic carbocycles. The zero-order valence-corrected chi connectivity index (χ0v) is 11.6. The maximum absolute atomic E-state index is 11.8. The minimum atomic E-state index is -3.26. The van der Waals surface area contributed by atoms with Gasteiger partial charge in [0.05, 0.1) is 5.75 Å². The van der Waals surface area contributed by atoms with Gasteiger partial charge in [-0.05, 0) is 54.4 Å². The molecule has 0 aliphatic carbocycles. The van der Waals surface area contributed by atoms with Gasteiger partial charge in [-0.15, -0.1) is 11.3 Å². The number of unbranched alkanes of at least 4 members (excludes halogenated alkanes) is 1. The van der Waals surface area contributed by atoms with E-state index in [-0.39, 0.29) is 5.75 Å². The lowest BCUT2D eigenvalue weighted by Gasteiger charge is -2.07. The van der Waals surface area contributed by atoms with Gasteiger partial charge in [0.1, 0.15) is 0 Å². The molecule has 98 valence electrons. The van der Waals surface area contributed by atoms with Crippen molar-refractivity contribution in [3.63, 3.8) is 0 Å². The van der Waals surface area contributed by atoms with Crippen molar-refractivity contribution in [2.45, 2.75) is 12.8 Å². The first-order chi connectivity index (χ1) is 8.61. The summed E-state index contributed by atoms with van der Waals surface area (Å²) in [5.74, 6) is 0.117. The highest BCUT2D eigenvalue weighted by Crippen LogP contribution is 2.24. The predicted octanol–water partition coefficient (Wildman–Crippen LogP) is 2.38. The molecule has 0 amide bonds. The SMILES string of the molecule is NCCCCS(=O)(=O)Nc1ccc2sccc2c1. The number of rotatable bonds is 6. The van der Waals surface area contributed by atoms with E-state index in [1.807, 2.05) is 23.6 Å². The molecule has 0 fully saturated rings. The van der Waals surface area contributed by atoms with Gasteiger partial charge < -0.3 is 5.73 Å². The summed E-state index contributed by atoms with van der Waals surface area (Å²) in [4.78, 5) is 0. The number of hydrogen-bond donors (Lipinski definition) is 2. The van der Waals surface area contributed by atoms with Gasteiger partial charge >= 0.3 is 0 Å². The Hall–Kier alpha value is -1.11. The van der Waals surface area contributed by atoms with Crippen molar-refractivity contribution in [1.29, 1.82) is 0 Å². The van der Waals surface area contributed by atoms with Crippen LogP contribution in [0.3, 0.4) is 0 Å². The fourth-order valence-electron chi connectivity index (χ4n) is 1.70. The average molecular weight is 284 g/mol. The first kappa shape index (κ1) is 13.3. The van der Waals surface area contributed by atoms with Crippen LogP contribution in [0, 0.1) is 0 Å². The second-order valence-corrected chi connectivity index (χ2v) is 6.88. The minimum Gasteiger partial charge on any atom is -0.330 e. The fraction of sp³-hybridized carbons (Fsp3) is 0.333. The van der Waals surface area contributed by atoms with Crippen LogP contribution in [0.15, 0.2) is 29.6 Å². The molecule has 0 saturated carbocycles. The smallest absolute Gasteiger partial charge is 0.232 e. The van der Waals surface area contributed by atoms with Gasteiger partial charge in [0.15, 0.2) is 0 Å². The van der Waals surface area contributed by atoms with Crippen molar-refractivity contribution in [3.05, 3.63) is 29.6 Å². The Kier molecular flexibility index (Phi) is 4.21. The first-order valence-electron chi connectivity index (χ1n) is 5.78. The maximum atomic E-state index is 11.8. The largest absolute Gasteiger partial charge is 0.330 e. The molecule has 0 saturated heterocycles. The maximum Gasteiger partial charge on any atom is 0.232 e. The minimum absolute atomic E-state index is 0.117. The molecule has 0 radical (unpaired) electrons. The molecule has 1 aromatic heterocycles. The van der Waals surface area contributed by atoms with E-state index in [1.54, 1.807) is 17.4 Å². The van der Waals surface area contributed by atoms with E-state index in [0.29, 0.717) is 18.7 Å². The molecule has 0 bridgehead atoms. The Morgan fingerprint density at radius 2 is 2.06 bits per heavy atom. The van der Waals surface area contributed by atoms with Crippen LogP contribution in [0.25, 0.3) is 10.1 Å². The van der Waals surface area contributed by atoms with E-state index in [2.05, 4.69) is 4.72 Å². The molecule has 0 spiro atoms. The summed E-state index contributed by atoms with van der Waals surface area (Å²) in [6.45, 7) is 0.524. The molecule has 2 aromatic rings. The van der Waals surface area contributed by atoms with Crippen LogP contribution >= 0.6 is 11.3 Å². The zero-order chi connectivity index (χ0) is 13.0. The van der Waals surface area contributed by atoms with E-state index in [4.69, 9.17) is 5.73 Å². The van der Waals surface area contributed by atoms with Gasteiger partial charge in [0.2, 0.25) is 10.0 Å². The summed E-state index contributed by atoms with van der Waals surface area (Å²) in [6, 6.07) is 7.55. The van der Waals surface area contributed by atoms with Gasteiger partial charge in [-0.3, -0.25) is 4.72 Å². The van der Waals surface area contributed by atoms with E-state index < -0.39 is 10.0 Å². The van der Waals surface area contributed by atoms with Crippen molar-refractivity contribution in [1.82, 2.24) is 0 Å². The summed E-state index contributed by atoms with van der Waals surface area (Å²) < 4.78 is 27.3. The second-order valence-electron chi connectivity index (χ2n) is 4.09. The van der Waals surface area contributed by atoms with Crippen molar-refractivity contribution >= 4 is 37.1 Å². The highest BCUT2D eigenvalue weighted by molar-refractivity contribution is 7.92. The first-order valence-corrected chi connectivity index (χ1v) is 8.32. The third-order valence-electron chi connectivity index (χ3n) is 2.59. The summed E-state index contributed by atoms with van der Waals surface area (Å²) in [5.41, 5.74) is 5.97. The Bertz CT molecular complexity index is 620. The van der Waals surface area contributed by atoms with Crippen LogP contribution in [0.4, 0.5) is 5.69 Å². The molecule has 1 heterocycles. The third kappa shape index (κ3) is 3.44. The Balaban J connectivity index is 2.07. The Labute approximate surface area is 111 Å². The quantitative estimate of drug-likeness (QED) is 0.800. The normalized spacial score (nSPS) is 11.8. The number of benzene rings is 1. The number of thiophene rings is 1. The van der Waals surface area contributed by atoms with Gasteiger partial charge in [-0.2, -0.15) is 0 Å². The van der Waals surface area contributed by atoms with E-state index in [0.717, 1.165) is 16.5 Å². The average Bonchev–Trinajstić information content (AvgIpc) is 2.75. The van der Waals surface area contributed by atoms with Gasteiger partial charge in [-0.25, -0.2) is 8.42 Å². The number of nitrogens with one attached hydrogen (secondary N) is 1. The number of nitrogens with two attached hydrogens (primary N) is 1. The van der Waals surface area contributed by atoms with E-state index in [1.165, 1.54) is 0 Å². The molecular weight excluding hydrogens is 268 g/mol. The molecular formula is C12H16N2O2S2. The molecule has 0 unspecified atom stereocenters. The second kappa shape index (κ2) is 5.69. The van der Waals surface area contributed by atoms with Gasteiger partial charge in [-0.1, -0.05) is 0 Å². The molecule has 0 atom stereocenters. The number of sulfonamides is 1. The Morgan fingerprint density at radius 1 is 1.22 bits per heavy atom. The topological polar surface area (TPSA) is 72.2 Å². The van der Waals surface area contributed by atoms with Crippen LogP contribution in [0.2, 0.25) is 0 Å². The monoisotopic (exact) mass is 284 g/mol. The molecule has 0 aliphatic rings. The predicted molar refractivity (Wildman–Crippen MR) is 77.5 cm³/mol. The van der Waals surface area contributed by atoms with Crippen molar-refractivity contribution < 1.29 is 8.42 Å². The number of anilines is 1. The van der Waals surface area contributed by atoms with Crippen LogP contribution in [0.5, 0.6) is 0 Å². The molecule has 18 heavy (non-hydrogen) atoms. The van der Waals surface area contributed by atoms with E-state index >= 15 is 0 Å². The molecule has 0 aliphatic heterocycles. The number of hydrogen-bond acceptors (Lipinski definition) is 4. The highest BCUT2D eigenvalue weighted by atomic mass is 32.2. The summed E-state index contributed by atoms with van der Waals surface area (Å²) in [6.07, 6.45) is 1.32. The van der Waals surface area contributed by atoms with Crippen molar-refractivity contribution in [2.75, 3.05) is 17.0 Å². The van der Waals surface area contributed by atoms with Crippen LogP contribution in [0.1, 0.15) is 12.8 Å². The fourth-order valence-corrected chi connectivity index (χ4v) is 3.64. The van der Waals surface area contributed by atoms with Crippen LogP contribution in [-0.4, -0.2) is 20.7 Å². The molecule has 2 rings (SSSR count). The summed E-state index contributed by atoms with van der Waals surface area (Å²) in [5, 5.41) is 3.05. The standard InChI is InChI=1S/C12H16N2O2S2/c13-6-1-2-8-18(15,16)14-11-3-4-12-10(9-11)5-7-17-12/h3-5,7,9,14H,1-2,6,8,13H2. The van der Waals surface area contributed by atoms with Crippen molar-refractivity contribution in [2.24, 2.45) is 5.73 Å². The van der Waals surface area contributed by atoms with Gasteiger partial charge in [0, 0.05) is 10.4 Å². The lowest BCUT2D eigenvalue weighted by molar-refractivity contribution is 0.597. The summed E-state index contributed by atoms with van der Waals surface area (Å²) in [7, 11) is -3.26. The third-order valence-corrected chi connectivity index (χ3v) is 4.86. The number of fused-ring (bicyclic) bond motifs is 1. The van der Waals surface area contributed by atoms with Crippen LogP contribution < -0.4 is 10.5 Å². The molecule has 3 N–H and O–H groups in total. The molecule has 4 nitrogen and oxygen atoms in total. The van der Waals surface area contributed by atoms with Crippen LogP contribution in [-0.2, 0) is 10.0 Å². The van der Waals surface area contributed by atoms with E-state index in [9.17, 15) is 8.42 Å². The lowest BCUT2D eigenvalue weighted by atomic mass is 10.2. The summed E-state index contributed by atoms with van der Waals surface area (Å²) >= 11 is 1.64. The van der Waals surface area contributed by atoms with Crippen molar-refractivity contribution in [3.8, 4) is 0 Å².